The molecule has 3 heteroatoms. The summed E-state index contributed by atoms with van der Waals surface area (Å²) >= 11 is 3.57. The number of nitrogens with one attached hydrogen (secondary N) is 2. The highest BCUT2D eigenvalue weighted by Gasteiger charge is 2.25. The standard InChI is InChI=1S/C18H25BrN2/c19-18-8-4-7-17(13-18)15-21-11-9-20(10-12-21)14-16-5-2-1-3-6-16/h1-2,4,7-8,13,16H,3,5-6,9-12,14-15H2/p+2/t16-/m1/s1. The Bertz CT molecular complexity index is 478. The molecular formula is C18H27BrN2+2. The van der Waals surface area contributed by atoms with Crippen molar-refractivity contribution in [2.75, 3.05) is 32.7 Å². The van der Waals surface area contributed by atoms with Crippen molar-refractivity contribution in [2.45, 2.75) is 25.8 Å². The van der Waals surface area contributed by atoms with Gasteiger partial charge in [0.15, 0.2) is 0 Å². The van der Waals surface area contributed by atoms with E-state index in [4.69, 9.17) is 0 Å². The lowest BCUT2D eigenvalue weighted by Gasteiger charge is -2.32. The average molecular weight is 351 g/mol. The molecule has 0 aromatic heterocycles. The first-order valence-electron chi connectivity index (χ1n) is 8.36. The monoisotopic (exact) mass is 350 g/mol. The van der Waals surface area contributed by atoms with Crippen molar-refractivity contribution in [3.05, 3.63) is 46.5 Å². The molecular weight excluding hydrogens is 324 g/mol. The summed E-state index contributed by atoms with van der Waals surface area (Å²) < 4.78 is 1.20. The Hall–Kier alpha value is -0.640. The molecule has 1 atom stereocenters. The number of quaternary nitrogens is 2. The predicted octanol–water partition coefficient (Wildman–Crippen LogP) is 1.09. The summed E-state index contributed by atoms with van der Waals surface area (Å²) in [5, 5.41) is 0. The maximum atomic E-state index is 3.57. The Labute approximate surface area is 136 Å². The SMILES string of the molecule is Brc1cccc(C[NH+]2CC[NH+](C[C@@H]3CC=CCC3)CC2)c1. The van der Waals surface area contributed by atoms with Gasteiger partial charge in [-0.05, 0) is 31.4 Å². The average Bonchev–Trinajstić information content (AvgIpc) is 2.50. The largest absolute Gasteiger partial charge is 0.325 e. The Kier molecular flexibility index (Phi) is 5.50. The van der Waals surface area contributed by atoms with Crippen LogP contribution in [0.25, 0.3) is 0 Å². The van der Waals surface area contributed by atoms with Gasteiger partial charge in [0.1, 0.15) is 32.7 Å². The molecule has 2 aliphatic rings. The van der Waals surface area contributed by atoms with Crippen LogP contribution in [-0.4, -0.2) is 32.7 Å². The van der Waals surface area contributed by atoms with Gasteiger partial charge in [0.2, 0.25) is 0 Å². The van der Waals surface area contributed by atoms with E-state index < -0.39 is 0 Å². The van der Waals surface area contributed by atoms with Gasteiger partial charge < -0.3 is 9.80 Å². The van der Waals surface area contributed by atoms with Crippen LogP contribution < -0.4 is 9.80 Å². The highest BCUT2D eigenvalue weighted by molar-refractivity contribution is 9.10. The molecule has 1 fully saturated rings. The summed E-state index contributed by atoms with van der Waals surface area (Å²) in [5.74, 6) is 0.941. The predicted molar refractivity (Wildman–Crippen MR) is 90.6 cm³/mol. The molecule has 1 heterocycles. The Morgan fingerprint density at radius 2 is 1.86 bits per heavy atom. The van der Waals surface area contributed by atoms with Crippen LogP contribution in [0.1, 0.15) is 24.8 Å². The first kappa shape index (κ1) is 15.3. The second-order valence-electron chi connectivity index (χ2n) is 6.66. The van der Waals surface area contributed by atoms with Crippen molar-refractivity contribution < 1.29 is 9.80 Å². The van der Waals surface area contributed by atoms with Crippen molar-refractivity contribution >= 4 is 15.9 Å². The molecule has 1 aliphatic carbocycles. The van der Waals surface area contributed by atoms with E-state index in [1.54, 1.807) is 4.90 Å². The summed E-state index contributed by atoms with van der Waals surface area (Å²) in [5.41, 5.74) is 1.46. The van der Waals surface area contributed by atoms with Gasteiger partial charge in [-0.2, -0.15) is 0 Å². The van der Waals surface area contributed by atoms with E-state index in [1.165, 1.54) is 68.6 Å². The van der Waals surface area contributed by atoms with Crippen molar-refractivity contribution in [3.63, 3.8) is 0 Å². The van der Waals surface area contributed by atoms with Gasteiger partial charge in [-0.25, -0.2) is 0 Å². The summed E-state index contributed by atoms with van der Waals surface area (Å²) in [6, 6.07) is 8.78. The van der Waals surface area contributed by atoms with Crippen LogP contribution >= 0.6 is 15.9 Å². The highest BCUT2D eigenvalue weighted by atomic mass is 79.9. The van der Waals surface area contributed by atoms with E-state index in [2.05, 4.69) is 52.3 Å². The van der Waals surface area contributed by atoms with Crippen molar-refractivity contribution in [2.24, 2.45) is 5.92 Å². The summed E-state index contributed by atoms with van der Waals surface area (Å²) in [6.45, 7) is 7.93. The van der Waals surface area contributed by atoms with E-state index in [0.717, 1.165) is 5.92 Å². The number of hydrogen-bond donors (Lipinski definition) is 2. The van der Waals surface area contributed by atoms with Crippen LogP contribution in [0.15, 0.2) is 40.9 Å². The van der Waals surface area contributed by atoms with E-state index in [9.17, 15) is 0 Å². The van der Waals surface area contributed by atoms with Crippen LogP contribution in [0, 0.1) is 5.92 Å². The van der Waals surface area contributed by atoms with E-state index in [-0.39, 0.29) is 0 Å². The number of hydrogen-bond acceptors (Lipinski definition) is 0. The molecule has 0 bridgehead atoms. The van der Waals surface area contributed by atoms with Crippen LogP contribution in [0.4, 0.5) is 0 Å². The third kappa shape index (κ3) is 4.67. The summed E-state index contributed by atoms with van der Waals surface area (Å²) in [4.78, 5) is 3.59. The second kappa shape index (κ2) is 7.57. The van der Waals surface area contributed by atoms with Crippen molar-refractivity contribution in [1.29, 1.82) is 0 Å². The fourth-order valence-corrected chi connectivity index (χ4v) is 4.17. The molecule has 21 heavy (non-hydrogen) atoms. The molecule has 0 saturated carbocycles. The minimum Gasteiger partial charge on any atom is -0.325 e. The molecule has 114 valence electrons. The van der Waals surface area contributed by atoms with Gasteiger partial charge in [0.25, 0.3) is 0 Å². The minimum atomic E-state index is 0.941. The van der Waals surface area contributed by atoms with Gasteiger partial charge in [-0.3, -0.25) is 0 Å². The van der Waals surface area contributed by atoms with Gasteiger partial charge in [0.05, 0.1) is 6.54 Å². The molecule has 1 aliphatic heterocycles. The quantitative estimate of drug-likeness (QED) is 0.752. The van der Waals surface area contributed by atoms with E-state index >= 15 is 0 Å². The number of rotatable bonds is 4. The van der Waals surface area contributed by atoms with Crippen molar-refractivity contribution in [1.82, 2.24) is 0 Å². The fourth-order valence-electron chi connectivity index (χ4n) is 3.72. The molecule has 0 amide bonds. The lowest BCUT2D eigenvalue weighted by atomic mass is 9.94. The Balaban J connectivity index is 1.43. The van der Waals surface area contributed by atoms with Gasteiger partial charge in [-0.1, -0.05) is 40.2 Å². The van der Waals surface area contributed by atoms with Gasteiger partial charge >= 0.3 is 0 Å². The number of halogens is 1. The van der Waals surface area contributed by atoms with E-state index in [1.807, 2.05) is 4.90 Å². The second-order valence-corrected chi connectivity index (χ2v) is 7.58. The zero-order chi connectivity index (χ0) is 14.5. The van der Waals surface area contributed by atoms with E-state index in [0.29, 0.717) is 0 Å². The third-order valence-corrected chi connectivity index (χ3v) is 5.46. The maximum Gasteiger partial charge on any atom is 0.127 e. The number of benzene rings is 1. The Morgan fingerprint density at radius 1 is 1.05 bits per heavy atom. The fraction of sp³-hybridized carbons (Fsp3) is 0.556. The van der Waals surface area contributed by atoms with Crippen LogP contribution in [-0.2, 0) is 6.54 Å². The van der Waals surface area contributed by atoms with Gasteiger partial charge in [-0.15, -0.1) is 0 Å². The lowest BCUT2D eigenvalue weighted by Crippen LogP contribution is -3.27. The van der Waals surface area contributed by atoms with Crippen LogP contribution in [0.3, 0.4) is 0 Å². The first-order valence-corrected chi connectivity index (χ1v) is 9.15. The zero-order valence-electron chi connectivity index (χ0n) is 12.8. The summed E-state index contributed by atoms with van der Waals surface area (Å²) in [6.07, 6.45) is 8.78. The molecule has 1 aromatic carbocycles. The minimum absolute atomic E-state index is 0.941. The van der Waals surface area contributed by atoms with Crippen LogP contribution in [0.5, 0.6) is 0 Å². The molecule has 2 nitrogen and oxygen atoms in total. The molecule has 2 N–H and O–H groups in total. The van der Waals surface area contributed by atoms with Gasteiger partial charge in [0, 0.05) is 16.0 Å². The number of piperazine rings is 1. The highest BCUT2D eigenvalue weighted by Crippen LogP contribution is 2.16. The first-order chi connectivity index (χ1) is 10.3. The topological polar surface area (TPSA) is 8.88 Å². The molecule has 0 radical (unpaired) electrons. The third-order valence-electron chi connectivity index (χ3n) is 4.96. The lowest BCUT2D eigenvalue weighted by molar-refractivity contribution is -1.02. The molecule has 1 saturated heterocycles. The molecule has 3 rings (SSSR count). The number of allylic oxidation sites excluding steroid dienone is 2. The smallest absolute Gasteiger partial charge is 0.127 e. The summed E-state index contributed by atoms with van der Waals surface area (Å²) in [7, 11) is 0. The maximum absolute atomic E-state index is 3.57. The zero-order valence-corrected chi connectivity index (χ0v) is 14.4. The van der Waals surface area contributed by atoms with Crippen molar-refractivity contribution in [3.8, 4) is 0 Å². The Morgan fingerprint density at radius 3 is 2.57 bits per heavy atom. The molecule has 0 unspecified atom stereocenters. The molecule has 1 aromatic rings. The molecule has 0 spiro atoms. The van der Waals surface area contributed by atoms with Crippen LogP contribution in [0.2, 0.25) is 0 Å². The normalized spacial score (nSPS) is 29.5.